The second-order valence-corrected chi connectivity index (χ2v) is 8.02. The highest BCUT2D eigenvalue weighted by Crippen LogP contribution is 2.32. The van der Waals surface area contributed by atoms with Crippen molar-refractivity contribution in [3.8, 4) is 11.5 Å². The van der Waals surface area contributed by atoms with Crippen molar-refractivity contribution in [2.75, 3.05) is 14.2 Å². The quantitative estimate of drug-likeness (QED) is 0.591. The Morgan fingerprint density at radius 3 is 2.33 bits per heavy atom. The lowest BCUT2D eigenvalue weighted by molar-refractivity contribution is -0.120. The van der Waals surface area contributed by atoms with Crippen LogP contribution in [0, 0.1) is 5.92 Å². The summed E-state index contributed by atoms with van der Waals surface area (Å²) >= 11 is 0.907. The summed E-state index contributed by atoms with van der Waals surface area (Å²) in [5.74, 6) is 0.0603. The number of nitrogens with one attached hydrogen (secondary N) is 1. The Kier molecular flexibility index (Phi) is 8.29. The van der Waals surface area contributed by atoms with Crippen LogP contribution in [0.3, 0.4) is 0 Å². The van der Waals surface area contributed by atoms with E-state index in [0.717, 1.165) is 11.8 Å². The molecule has 0 spiro atoms. The van der Waals surface area contributed by atoms with Gasteiger partial charge in [-0.3, -0.25) is 14.4 Å². The lowest BCUT2D eigenvalue weighted by Crippen LogP contribution is -2.45. The average Bonchev–Trinajstić information content (AvgIpc) is 2.72. The molecule has 2 amide bonds. The van der Waals surface area contributed by atoms with Crippen molar-refractivity contribution in [3.05, 3.63) is 53.6 Å². The number of carbonyl (C=O) groups is 3. The first-order chi connectivity index (χ1) is 14.3. The zero-order valence-electron chi connectivity index (χ0n) is 17.4. The highest BCUT2D eigenvalue weighted by atomic mass is 32.2. The summed E-state index contributed by atoms with van der Waals surface area (Å²) in [5, 5.41) is 2.39. The van der Waals surface area contributed by atoms with Crippen LogP contribution in [0.4, 0.5) is 0 Å². The van der Waals surface area contributed by atoms with Crippen LogP contribution in [-0.2, 0) is 4.79 Å². The van der Waals surface area contributed by atoms with Gasteiger partial charge in [-0.1, -0.05) is 26.0 Å². The Morgan fingerprint density at radius 2 is 1.73 bits per heavy atom. The van der Waals surface area contributed by atoms with Crippen LogP contribution < -0.4 is 20.5 Å². The Labute approximate surface area is 180 Å². The minimum absolute atomic E-state index is 0.177. The fraction of sp³-hybridized carbons (Fsp3) is 0.318. The summed E-state index contributed by atoms with van der Waals surface area (Å²) in [6.45, 7) is 3.87. The van der Waals surface area contributed by atoms with Crippen LogP contribution in [0.2, 0.25) is 0 Å². The molecule has 30 heavy (non-hydrogen) atoms. The Balaban J connectivity index is 2.26. The fourth-order valence-electron chi connectivity index (χ4n) is 2.82. The first kappa shape index (κ1) is 23.3. The molecule has 0 unspecified atom stereocenters. The van der Waals surface area contributed by atoms with Gasteiger partial charge in [0.15, 0.2) is 0 Å². The molecule has 3 N–H and O–H groups in total. The summed E-state index contributed by atoms with van der Waals surface area (Å²) < 4.78 is 10.5. The van der Waals surface area contributed by atoms with Crippen LogP contribution in [0.25, 0.3) is 0 Å². The molecular weight excluding hydrogens is 404 g/mol. The molecule has 2 aromatic carbocycles. The summed E-state index contributed by atoms with van der Waals surface area (Å²) in [6.07, 6.45) is 0.429. The van der Waals surface area contributed by atoms with E-state index in [1.54, 1.807) is 42.5 Å². The number of hydrogen-bond donors (Lipinski definition) is 2. The van der Waals surface area contributed by atoms with Crippen molar-refractivity contribution in [2.24, 2.45) is 11.7 Å². The number of rotatable bonds is 9. The van der Waals surface area contributed by atoms with Gasteiger partial charge >= 0.3 is 0 Å². The molecule has 8 heteroatoms. The van der Waals surface area contributed by atoms with E-state index in [0.29, 0.717) is 33.9 Å². The topological polar surface area (TPSA) is 108 Å². The lowest BCUT2D eigenvalue weighted by atomic mass is 10.0. The lowest BCUT2D eigenvalue weighted by Gasteiger charge is -2.18. The van der Waals surface area contributed by atoms with Gasteiger partial charge in [-0.05, 0) is 48.4 Å². The van der Waals surface area contributed by atoms with E-state index < -0.39 is 17.9 Å². The molecule has 0 radical (unpaired) electrons. The van der Waals surface area contributed by atoms with Gasteiger partial charge in [0.1, 0.15) is 17.5 Å². The smallest absolute Gasteiger partial charge is 0.253 e. The number of carbonyl (C=O) groups excluding carboxylic acids is 3. The van der Waals surface area contributed by atoms with Crippen molar-refractivity contribution < 1.29 is 23.9 Å². The van der Waals surface area contributed by atoms with Gasteiger partial charge in [0.2, 0.25) is 11.0 Å². The first-order valence-electron chi connectivity index (χ1n) is 9.40. The largest absolute Gasteiger partial charge is 0.497 e. The second-order valence-electron chi connectivity index (χ2n) is 7.01. The maximum absolute atomic E-state index is 12.9. The van der Waals surface area contributed by atoms with Crippen LogP contribution in [0.1, 0.15) is 41.0 Å². The van der Waals surface area contributed by atoms with E-state index in [4.69, 9.17) is 15.2 Å². The van der Waals surface area contributed by atoms with Crippen molar-refractivity contribution >= 4 is 28.7 Å². The van der Waals surface area contributed by atoms with Gasteiger partial charge in [-0.2, -0.15) is 0 Å². The average molecular weight is 431 g/mol. The SMILES string of the molecule is COc1ccc(C(=O)Sc2ccccc2C(=O)N[C@@H](CC(C)C)C(N)=O)c(OC)c1. The van der Waals surface area contributed by atoms with E-state index in [1.165, 1.54) is 14.2 Å². The van der Waals surface area contributed by atoms with E-state index in [2.05, 4.69) is 5.32 Å². The molecule has 1 atom stereocenters. The third kappa shape index (κ3) is 6.00. The number of amides is 2. The molecule has 2 rings (SSSR count). The number of benzene rings is 2. The molecule has 0 bridgehead atoms. The van der Waals surface area contributed by atoms with Crippen LogP contribution in [0.5, 0.6) is 11.5 Å². The normalized spacial score (nSPS) is 11.6. The number of ether oxygens (including phenoxy) is 2. The predicted molar refractivity (Wildman–Crippen MR) is 116 cm³/mol. The van der Waals surface area contributed by atoms with E-state index in [-0.39, 0.29) is 11.0 Å². The van der Waals surface area contributed by atoms with Gasteiger partial charge in [-0.15, -0.1) is 0 Å². The molecule has 160 valence electrons. The standard InChI is InChI=1S/C22H26N2O5S/c1-13(2)11-17(20(23)25)24-21(26)16-7-5-6-8-19(16)30-22(27)15-10-9-14(28-3)12-18(15)29-4/h5-10,12-13,17H,11H2,1-4H3,(H2,23,25)(H,24,26)/t17-/m0/s1. The molecule has 0 aliphatic carbocycles. The van der Waals surface area contributed by atoms with Gasteiger partial charge in [0.25, 0.3) is 5.91 Å². The van der Waals surface area contributed by atoms with Gasteiger partial charge in [-0.25, -0.2) is 0 Å². The van der Waals surface area contributed by atoms with Gasteiger partial charge < -0.3 is 20.5 Å². The highest BCUT2D eigenvalue weighted by molar-refractivity contribution is 8.14. The second kappa shape index (κ2) is 10.7. The summed E-state index contributed by atoms with van der Waals surface area (Å²) in [5.41, 5.74) is 6.07. The zero-order chi connectivity index (χ0) is 22.3. The monoisotopic (exact) mass is 430 g/mol. The van der Waals surface area contributed by atoms with E-state index >= 15 is 0 Å². The van der Waals surface area contributed by atoms with Crippen molar-refractivity contribution in [1.82, 2.24) is 5.32 Å². The molecule has 0 aromatic heterocycles. The van der Waals surface area contributed by atoms with E-state index in [1.807, 2.05) is 13.8 Å². The van der Waals surface area contributed by atoms with Crippen LogP contribution in [-0.4, -0.2) is 37.2 Å². The summed E-state index contributed by atoms with van der Waals surface area (Å²) in [7, 11) is 2.99. The van der Waals surface area contributed by atoms with Gasteiger partial charge in [0, 0.05) is 11.0 Å². The Hall–Kier alpha value is -3.00. The highest BCUT2D eigenvalue weighted by Gasteiger charge is 2.23. The first-order valence-corrected chi connectivity index (χ1v) is 10.2. The number of thioether (sulfide) groups is 1. The van der Waals surface area contributed by atoms with Crippen molar-refractivity contribution in [3.63, 3.8) is 0 Å². The molecule has 0 saturated heterocycles. The molecule has 0 aliphatic rings. The maximum Gasteiger partial charge on any atom is 0.253 e. The Bertz CT molecular complexity index is 929. The predicted octanol–water partition coefficient (Wildman–Crippen LogP) is 3.27. The fourth-order valence-corrected chi connectivity index (χ4v) is 3.71. The van der Waals surface area contributed by atoms with Gasteiger partial charge in [0.05, 0.1) is 25.3 Å². The number of hydrogen-bond acceptors (Lipinski definition) is 6. The molecule has 0 aliphatic heterocycles. The number of primary amides is 1. The molecule has 0 saturated carbocycles. The third-order valence-corrected chi connectivity index (χ3v) is 5.30. The summed E-state index contributed by atoms with van der Waals surface area (Å²) in [4.78, 5) is 37.8. The summed E-state index contributed by atoms with van der Waals surface area (Å²) in [6, 6.07) is 10.8. The van der Waals surface area contributed by atoms with E-state index in [9.17, 15) is 14.4 Å². The number of nitrogens with two attached hydrogens (primary N) is 1. The number of methoxy groups -OCH3 is 2. The van der Waals surface area contributed by atoms with Crippen LogP contribution in [0.15, 0.2) is 47.4 Å². The van der Waals surface area contributed by atoms with Crippen LogP contribution >= 0.6 is 11.8 Å². The molecule has 7 nitrogen and oxygen atoms in total. The minimum atomic E-state index is -0.784. The Morgan fingerprint density at radius 1 is 1.03 bits per heavy atom. The zero-order valence-corrected chi connectivity index (χ0v) is 18.2. The molecular formula is C22H26N2O5S. The molecule has 0 fully saturated rings. The third-order valence-electron chi connectivity index (χ3n) is 4.32. The molecule has 0 heterocycles. The maximum atomic E-state index is 12.9. The van der Waals surface area contributed by atoms with Crippen molar-refractivity contribution in [1.29, 1.82) is 0 Å². The minimum Gasteiger partial charge on any atom is -0.497 e. The molecule has 2 aromatic rings. The van der Waals surface area contributed by atoms with Crippen molar-refractivity contribution in [2.45, 2.75) is 31.2 Å².